The van der Waals surface area contributed by atoms with E-state index in [0.29, 0.717) is 13.0 Å². The topological polar surface area (TPSA) is 81.2 Å². The third kappa shape index (κ3) is 2.55. The van der Waals surface area contributed by atoms with Crippen LogP contribution in [-0.4, -0.2) is 17.1 Å². The van der Waals surface area contributed by atoms with Crippen LogP contribution < -0.4 is 11.1 Å². The van der Waals surface area contributed by atoms with E-state index >= 15 is 0 Å². The van der Waals surface area contributed by atoms with Crippen LogP contribution in [-0.2, 0) is 11.3 Å². The zero-order valence-electron chi connectivity index (χ0n) is 10.1. The summed E-state index contributed by atoms with van der Waals surface area (Å²) in [5.74, 6) is 0.654. The monoisotopic (exact) mass is 235 g/mol. The van der Waals surface area contributed by atoms with Gasteiger partial charge in [0, 0.05) is 18.2 Å². The van der Waals surface area contributed by atoms with Crippen molar-refractivity contribution in [2.24, 2.45) is 11.7 Å². The molecule has 0 spiro atoms. The Morgan fingerprint density at radius 1 is 1.59 bits per heavy atom. The average Bonchev–Trinajstić information content (AvgIpc) is 2.84. The summed E-state index contributed by atoms with van der Waals surface area (Å²) in [6.45, 7) is 4.16. The van der Waals surface area contributed by atoms with Crippen LogP contribution in [0.15, 0.2) is 16.7 Å². The fourth-order valence-electron chi connectivity index (χ4n) is 1.98. The van der Waals surface area contributed by atoms with Crippen LogP contribution in [0.2, 0.25) is 0 Å². The lowest BCUT2D eigenvalue weighted by molar-refractivity contribution is -0.123. The second kappa shape index (κ2) is 4.71. The molecule has 17 heavy (non-hydrogen) atoms. The van der Waals surface area contributed by atoms with E-state index in [-0.39, 0.29) is 17.9 Å². The van der Waals surface area contributed by atoms with Gasteiger partial charge in [-0.15, -0.1) is 0 Å². The second-order valence-electron chi connectivity index (χ2n) is 4.41. The summed E-state index contributed by atoms with van der Waals surface area (Å²) < 4.78 is 5.03. The number of rotatable bonds is 3. The molecular weight excluding hydrogens is 218 g/mol. The molecule has 2 atom stereocenters. The van der Waals surface area contributed by atoms with Gasteiger partial charge in [0.15, 0.2) is 0 Å². The zero-order chi connectivity index (χ0) is 12.4. The molecule has 2 rings (SSSR count). The molecule has 0 bridgehead atoms. The molecule has 1 heterocycles. The van der Waals surface area contributed by atoms with E-state index in [2.05, 4.69) is 10.5 Å². The van der Waals surface area contributed by atoms with Crippen LogP contribution in [0.1, 0.15) is 23.4 Å². The number of nitrogens with two attached hydrogens (primary N) is 1. The Bertz CT molecular complexity index is 431. The van der Waals surface area contributed by atoms with Crippen molar-refractivity contribution in [1.82, 2.24) is 10.5 Å². The second-order valence-corrected chi connectivity index (χ2v) is 4.41. The van der Waals surface area contributed by atoms with Crippen LogP contribution in [0.5, 0.6) is 0 Å². The van der Waals surface area contributed by atoms with Gasteiger partial charge in [-0.25, -0.2) is 0 Å². The third-order valence-electron chi connectivity index (χ3n) is 3.07. The molecule has 0 saturated carbocycles. The number of aromatic nitrogens is 1. The summed E-state index contributed by atoms with van der Waals surface area (Å²) in [6, 6.07) is 0.00446. The summed E-state index contributed by atoms with van der Waals surface area (Å²) in [7, 11) is 0. The summed E-state index contributed by atoms with van der Waals surface area (Å²) in [5.41, 5.74) is 7.48. The first kappa shape index (κ1) is 11.9. The van der Waals surface area contributed by atoms with Crippen molar-refractivity contribution in [3.8, 4) is 0 Å². The fourth-order valence-corrected chi connectivity index (χ4v) is 1.98. The molecule has 1 aliphatic rings. The number of nitrogens with one attached hydrogen (secondary N) is 1. The molecule has 1 amide bonds. The van der Waals surface area contributed by atoms with E-state index in [1.807, 2.05) is 26.0 Å². The van der Waals surface area contributed by atoms with Crippen molar-refractivity contribution in [2.45, 2.75) is 32.9 Å². The van der Waals surface area contributed by atoms with Gasteiger partial charge in [-0.2, -0.15) is 0 Å². The van der Waals surface area contributed by atoms with Crippen LogP contribution in [0.3, 0.4) is 0 Å². The highest BCUT2D eigenvalue weighted by molar-refractivity contribution is 5.81. The van der Waals surface area contributed by atoms with E-state index in [0.717, 1.165) is 17.0 Å². The molecule has 0 aromatic carbocycles. The van der Waals surface area contributed by atoms with E-state index in [1.54, 1.807) is 0 Å². The Labute approximate surface area is 100 Å². The summed E-state index contributed by atoms with van der Waals surface area (Å²) in [6.07, 6.45) is 4.43. The molecule has 0 radical (unpaired) electrons. The molecule has 0 saturated heterocycles. The summed E-state index contributed by atoms with van der Waals surface area (Å²) >= 11 is 0. The number of carbonyl (C=O) groups is 1. The quantitative estimate of drug-likeness (QED) is 0.760. The van der Waals surface area contributed by atoms with Gasteiger partial charge in [0.25, 0.3) is 0 Å². The van der Waals surface area contributed by atoms with Crippen molar-refractivity contribution in [3.63, 3.8) is 0 Å². The number of aryl methyl sites for hydroxylation is 2. The highest BCUT2D eigenvalue weighted by Gasteiger charge is 2.22. The molecule has 2 unspecified atom stereocenters. The molecular formula is C12H17N3O2. The molecule has 5 nitrogen and oxygen atoms in total. The van der Waals surface area contributed by atoms with Gasteiger partial charge in [0.1, 0.15) is 5.76 Å². The Kier molecular flexibility index (Phi) is 3.28. The Balaban J connectivity index is 1.91. The minimum absolute atomic E-state index is 0.00446. The number of hydrogen-bond donors (Lipinski definition) is 2. The minimum atomic E-state index is -0.106. The lowest BCUT2D eigenvalue weighted by Gasteiger charge is -2.10. The van der Waals surface area contributed by atoms with E-state index in [9.17, 15) is 4.79 Å². The van der Waals surface area contributed by atoms with E-state index in [4.69, 9.17) is 10.3 Å². The fraction of sp³-hybridized carbons (Fsp3) is 0.500. The lowest BCUT2D eigenvalue weighted by atomic mass is 10.1. The van der Waals surface area contributed by atoms with Crippen LogP contribution in [0.4, 0.5) is 0 Å². The molecule has 92 valence electrons. The van der Waals surface area contributed by atoms with Crippen LogP contribution in [0.25, 0.3) is 0 Å². The Morgan fingerprint density at radius 2 is 2.35 bits per heavy atom. The molecule has 0 aliphatic heterocycles. The number of nitrogens with zero attached hydrogens (tertiary/aromatic N) is 1. The SMILES string of the molecule is Cc1noc(C)c1CNC(=O)C1C=CC(N)C1. The average molecular weight is 235 g/mol. The minimum Gasteiger partial charge on any atom is -0.361 e. The van der Waals surface area contributed by atoms with Gasteiger partial charge in [-0.05, 0) is 20.3 Å². The lowest BCUT2D eigenvalue weighted by Crippen LogP contribution is -2.30. The van der Waals surface area contributed by atoms with Crippen molar-refractivity contribution in [3.05, 3.63) is 29.2 Å². The van der Waals surface area contributed by atoms with Crippen molar-refractivity contribution in [1.29, 1.82) is 0 Å². The molecule has 3 N–H and O–H groups in total. The van der Waals surface area contributed by atoms with Gasteiger partial charge < -0.3 is 15.6 Å². The van der Waals surface area contributed by atoms with E-state index in [1.165, 1.54) is 0 Å². The highest BCUT2D eigenvalue weighted by atomic mass is 16.5. The largest absolute Gasteiger partial charge is 0.361 e. The number of amides is 1. The maximum Gasteiger partial charge on any atom is 0.227 e. The van der Waals surface area contributed by atoms with Crippen molar-refractivity contribution >= 4 is 5.91 Å². The van der Waals surface area contributed by atoms with Crippen LogP contribution in [0, 0.1) is 19.8 Å². The molecule has 1 aliphatic carbocycles. The first-order valence-electron chi connectivity index (χ1n) is 5.71. The molecule has 0 fully saturated rings. The Morgan fingerprint density at radius 3 is 2.88 bits per heavy atom. The molecule has 1 aromatic heterocycles. The predicted molar refractivity (Wildman–Crippen MR) is 63.0 cm³/mol. The maximum absolute atomic E-state index is 11.8. The summed E-state index contributed by atoms with van der Waals surface area (Å²) in [4.78, 5) is 11.8. The highest BCUT2D eigenvalue weighted by Crippen LogP contribution is 2.17. The Hall–Kier alpha value is -1.62. The predicted octanol–water partition coefficient (Wildman–Crippen LogP) is 0.811. The smallest absolute Gasteiger partial charge is 0.227 e. The van der Waals surface area contributed by atoms with E-state index < -0.39 is 0 Å². The first-order valence-corrected chi connectivity index (χ1v) is 5.71. The van der Waals surface area contributed by atoms with Gasteiger partial charge in [-0.3, -0.25) is 4.79 Å². The van der Waals surface area contributed by atoms with Crippen molar-refractivity contribution < 1.29 is 9.32 Å². The number of hydrogen-bond acceptors (Lipinski definition) is 4. The van der Waals surface area contributed by atoms with Gasteiger partial charge in [0.05, 0.1) is 11.6 Å². The molecule has 5 heteroatoms. The summed E-state index contributed by atoms with van der Waals surface area (Å²) in [5, 5.41) is 6.73. The third-order valence-corrected chi connectivity index (χ3v) is 3.07. The molecule has 1 aromatic rings. The van der Waals surface area contributed by atoms with Gasteiger partial charge >= 0.3 is 0 Å². The van der Waals surface area contributed by atoms with Crippen molar-refractivity contribution in [2.75, 3.05) is 0 Å². The normalized spacial score (nSPS) is 23.0. The number of carbonyl (C=O) groups excluding carboxylic acids is 1. The zero-order valence-corrected chi connectivity index (χ0v) is 10.1. The standard InChI is InChI=1S/C12H17N3O2/c1-7-11(8(2)17-15-7)6-14-12(16)9-3-4-10(13)5-9/h3-4,9-10H,5-6,13H2,1-2H3,(H,14,16). The van der Waals surface area contributed by atoms with Crippen LogP contribution >= 0.6 is 0 Å². The van der Waals surface area contributed by atoms with Gasteiger partial charge in [-0.1, -0.05) is 17.3 Å². The van der Waals surface area contributed by atoms with Gasteiger partial charge in [0.2, 0.25) is 5.91 Å². The maximum atomic E-state index is 11.8. The first-order chi connectivity index (χ1) is 8.08.